The van der Waals surface area contributed by atoms with Crippen molar-refractivity contribution in [2.75, 3.05) is 6.61 Å². The van der Waals surface area contributed by atoms with E-state index in [0.717, 1.165) is 22.2 Å². The number of ether oxygens (including phenoxy) is 1. The molecule has 0 aliphatic heterocycles. The molecule has 0 fully saturated rings. The Balaban J connectivity index is 2.58. The molecule has 1 aromatic rings. The van der Waals surface area contributed by atoms with E-state index < -0.39 is 12.1 Å². The number of carbonyl (C=O) groups is 1. The van der Waals surface area contributed by atoms with E-state index in [2.05, 4.69) is 15.9 Å². The van der Waals surface area contributed by atoms with E-state index in [1.54, 1.807) is 6.07 Å². The first-order valence-corrected chi connectivity index (χ1v) is 7.16. The number of carboxylic acids is 1. The van der Waals surface area contributed by atoms with Crippen LogP contribution in [0.4, 0.5) is 0 Å². The minimum absolute atomic E-state index is 0.0793. The van der Waals surface area contributed by atoms with Crippen LogP contribution in [0.15, 0.2) is 22.7 Å². The molecule has 2 N–H and O–H groups in total. The van der Waals surface area contributed by atoms with Gasteiger partial charge in [0.15, 0.2) is 0 Å². The van der Waals surface area contributed by atoms with Crippen molar-refractivity contribution in [3.8, 4) is 5.75 Å². The van der Waals surface area contributed by atoms with Gasteiger partial charge in [0.1, 0.15) is 5.75 Å². The van der Waals surface area contributed by atoms with Crippen LogP contribution in [0.3, 0.4) is 0 Å². The molecule has 1 atom stereocenters. The molecule has 0 heterocycles. The number of hydrogen-bond acceptors (Lipinski definition) is 3. The minimum atomic E-state index is -0.836. The van der Waals surface area contributed by atoms with Gasteiger partial charge in [-0.15, -0.1) is 0 Å². The summed E-state index contributed by atoms with van der Waals surface area (Å²) >= 11 is 3.41. The van der Waals surface area contributed by atoms with Crippen LogP contribution in [0.2, 0.25) is 0 Å². The smallest absolute Gasteiger partial charge is 0.303 e. The number of aliphatic hydroxyl groups is 1. The average Bonchev–Trinajstić information content (AvgIpc) is 2.36. The van der Waals surface area contributed by atoms with Crippen LogP contribution in [0.25, 0.3) is 0 Å². The Labute approximate surface area is 121 Å². The molecule has 0 saturated carbocycles. The van der Waals surface area contributed by atoms with Gasteiger partial charge in [-0.2, -0.15) is 0 Å². The fourth-order valence-corrected chi connectivity index (χ4v) is 2.18. The van der Waals surface area contributed by atoms with Gasteiger partial charge in [0.05, 0.1) is 17.2 Å². The Morgan fingerprint density at radius 3 is 2.79 bits per heavy atom. The predicted octanol–water partition coefficient (Wildman–Crippen LogP) is 3.53. The molecule has 0 aliphatic carbocycles. The molecule has 0 aromatic heterocycles. The standard InChI is InChI=1S/C14H19BrO4/c1-2-8-19-13-7-6-10(9-11(13)15)12(16)4-3-5-14(17)18/h6-7,9,12,16H,2-5,8H2,1H3,(H,17,18)/t12-/m1/s1. The molecule has 0 unspecified atom stereocenters. The van der Waals surface area contributed by atoms with Crippen LogP contribution in [0.5, 0.6) is 5.75 Å². The average molecular weight is 331 g/mol. The third-order valence-corrected chi connectivity index (χ3v) is 3.29. The molecule has 0 aliphatic rings. The molecule has 1 aromatic carbocycles. The number of hydrogen-bond donors (Lipinski definition) is 2. The Bertz CT molecular complexity index is 420. The number of benzene rings is 1. The zero-order valence-corrected chi connectivity index (χ0v) is 12.5. The third-order valence-electron chi connectivity index (χ3n) is 2.67. The summed E-state index contributed by atoms with van der Waals surface area (Å²) in [6, 6.07) is 5.44. The Morgan fingerprint density at radius 2 is 2.21 bits per heavy atom. The monoisotopic (exact) mass is 330 g/mol. The summed E-state index contributed by atoms with van der Waals surface area (Å²) < 4.78 is 6.33. The Morgan fingerprint density at radius 1 is 1.47 bits per heavy atom. The van der Waals surface area contributed by atoms with Gasteiger partial charge in [0.25, 0.3) is 0 Å². The highest BCUT2D eigenvalue weighted by Crippen LogP contribution is 2.30. The largest absolute Gasteiger partial charge is 0.492 e. The number of rotatable bonds is 8. The van der Waals surface area contributed by atoms with Gasteiger partial charge in [-0.3, -0.25) is 4.79 Å². The van der Waals surface area contributed by atoms with Crippen molar-refractivity contribution in [3.05, 3.63) is 28.2 Å². The highest BCUT2D eigenvalue weighted by atomic mass is 79.9. The van der Waals surface area contributed by atoms with E-state index in [-0.39, 0.29) is 6.42 Å². The number of halogens is 1. The molecule has 19 heavy (non-hydrogen) atoms. The van der Waals surface area contributed by atoms with Gasteiger partial charge in [-0.1, -0.05) is 13.0 Å². The Kier molecular flexibility index (Phi) is 6.87. The normalized spacial score (nSPS) is 12.2. The maximum Gasteiger partial charge on any atom is 0.303 e. The van der Waals surface area contributed by atoms with Crippen molar-refractivity contribution in [3.63, 3.8) is 0 Å². The molecule has 5 heteroatoms. The molecule has 1 rings (SSSR count). The van der Waals surface area contributed by atoms with Crippen LogP contribution in [-0.4, -0.2) is 22.8 Å². The molecule has 106 valence electrons. The summed E-state index contributed by atoms with van der Waals surface area (Å²) in [4.78, 5) is 10.4. The SMILES string of the molecule is CCCOc1ccc([C@H](O)CCCC(=O)O)cc1Br. The van der Waals surface area contributed by atoms with Gasteiger partial charge in [-0.05, 0) is 52.9 Å². The van der Waals surface area contributed by atoms with E-state index in [4.69, 9.17) is 9.84 Å². The third kappa shape index (κ3) is 5.61. The topological polar surface area (TPSA) is 66.8 Å². The molecule has 0 spiro atoms. The summed E-state index contributed by atoms with van der Waals surface area (Å²) in [6.07, 6.45) is 1.27. The fourth-order valence-electron chi connectivity index (χ4n) is 1.67. The van der Waals surface area contributed by atoms with Gasteiger partial charge in [-0.25, -0.2) is 0 Å². The maximum absolute atomic E-state index is 10.4. The summed E-state index contributed by atoms with van der Waals surface area (Å²) in [5.41, 5.74) is 0.765. The molecular weight excluding hydrogens is 312 g/mol. The Hall–Kier alpha value is -1.07. The zero-order valence-electron chi connectivity index (χ0n) is 10.9. The van der Waals surface area contributed by atoms with Crippen LogP contribution in [-0.2, 0) is 4.79 Å². The van der Waals surface area contributed by atoms with Crippen LogP contribution >= 0.6 is 15.9 Å². The molecule has 0 amide bonds. The predicted molar refractivity (Wildman–Crippen MR) is 76.4 cm³/mol. The fraction of sp³-hybridized carbons (Fsp3) is 0.500. The minimum Gasteiger partial charge on any atom is -0.492 e. The van der Waals surface area contributed by atoms with Crippen LogP contribution in [0, 0.1) is 0 Å². The first-order chi connectivity index (χ1) is 9.04. The second kappa shape index (κ2) is 8.17. The van der Waals surface area contributed by atoms with Gasteiger partial charge < -0.3 is 14.9 Å². The number of carboxylic acid groups (broad SMARTS) is 1. The van der Waals surface area contributed by atoms with Crippen LogP contribution < -0.4 is 4.74 Å². The van der Waals surface area contributed by atoms with Crippen molar-refractivity contribution in [1.82, 2.24) is 0 Å². The van der Waals surface area contributed by atoms with Crippen molar-refractivity contribution in [2.45, 2.75) is 38.7 Å². The lowest BCUT2D eigenvalue weighted by Gasteiger charge is -2.13. The maximum atomic E-state index is 10.4. The van der Waals surface area contributed by atoms with Gasteiger partial charge in [0, 0.05) is 6.42 Å². The molecule has 0 bridgehead atoms. The first kappa shape index (κ1) is 16.0. The first-order valence-electron chi connectivity index (χ1n) is 6.36. The summed E-state index contributed by atoms with van der Waals surface area (Å²) in [5.74, 6) is -0.0833. The lowest BCUT2D eigenvalue weighted by Crippen LogP contribution is -2.01. The second-order valence-corrected chi connectivity index (χ2v) is 5.19. The summed E-state index contributed by atoms with van der Waals surface area (Å²) in [7, 11) is 0. The van der Waals surface area contributed by atoms with E-state index in [1.165, 1.54) is 0 Å². The van der Waals surface area contributed by atoms with Gasteiger partial charge in [0.2, 0.25) is 0 Å². The van der Waals surface area contributed by atoms with E-state index in [9.17, 15) is 9.90 Å². The number of aliphatic carboxylic acids is 1. The molecule has 0 radical (unpaired) electrons. The summed E-state index contributed by atoms with van der Waals surface area (Å²) in [6.45, 7) is 2.69. The zero-order chi connectivity index (χ0) is 14.3. The summed E-state index contributed by atoms with van der Waals surface area (Å²) in [5, 5.41) is 18.5. The lowest BCUT2D eigenvalue weighted by atomic mass is 10.0. The van der Waals surface area contributed by atoms with E-state index in [1.807, 2.05) is 19.1 Å². The highest BCUT2D eigenvalue weighted by molar-refractivity contribution is 9.10. The molecule has 4 nitrogen and oxygen atoms in total. The van der Waals surface area contributed by atoms with Crippen molar-refractivity contribution < 1.29 is 19.7 Å². The molecule has 0 saturated heterocycles. The van der Waals surface area contributed by atoms with E-state index in [0.29, 0.717) is 19.4 Å². The quantitative estimate of drug-likeness (QED) is 0.765. The highest BCUT2D eigenvalue weighted by Gasteiger charge is 2.11. The van der Waals surface area contributed by atoms with E-state index >= 15 is 0 Å². The molecular formula is C14H19BrO4. The number of aliphatic hydroxyl groups excluding tert-OH is 1. The van der Waals surface area contributed by atoms with Crippen molar-refractivity contribution >= 4 is 21.9 Å². The second-order valence-electron chi connectivity index (χ2n) is 4.34. The van der Waals surface area contributed by atoms with Gasteiger partial charge >= 0.3 is 5.97 Å². The lowest BCUT2D eigenvalue weighted by molar-refractivity contribution is -0.137. The van der Waals surface area contributed by atoms with Crippen molar-refractivity contribution in [1.29, 1.82) is 0 Å². The van der Waals surface area contributed by atoms with Crippen molar-refractivity contribution in [2.24, 2.45) is 0 Å². The van der Waals surface area contributed by atoms with Crippen LogP contribution in [0.1, 0.15) is 44.3 Å².